The number of hydrogen-bond acceptors (Lipinski definition) is 2. The van der Waals surface area contributed by atoms with Gasteiger partial charge in [0.15, 0.2) is 0 Å². The largest absolute Gasteiger partial charge is 0.353 e. The minimum atomic E-state index is -0.191. The lowest BCUT2D eigenvalue weighted by molar-refractivity contribution is 0.626. The Morgan fingerprint density at radius 1 is 1.30 bits per heavy atom. The summed E-state index contributed by atoms with van der Waals surface area (Å²) in [6, 6.07) is 6.92. The molecule has 2 rings (SSSR count). The Morgan fingerprint density at radius 2 is 2.00 bits per heavy atom. The fraction of sp³-hybridized carbons (Fsp3) is 0.438. The predicted molar refractivity (Wildman–Crippen MR) is 80.4 cm³/mol. The van der Waals surface area contributed by atoms with E-state index in [1.165, 1.54) is 12.1 Å². The van der Waals surface area contributed by atoms with Gasteiger partial charge in [-0.1, -0.05) is 19.1 Å². The highest BCUT2D eigenvalue weighted by atomic mass is 19.1. The molecule has 0 radical (unpaired) electrons. The van der Waals surface area contributed by atoms with Gasteiger partial charge in [0.05, 0.1) is 5.69 Å². The number of nitrogens with one attached hydrogen (secondary N) is 1. The summed E-state index contributed by atoms with van der Waals surface area (Å²) in [5, 5.41) is 3.44. The molecular formula is C16H22FN3. The third kappa shape index (κ3) is 3.83. The number of halogens is 1. The Kier molecular flexibility index (Phi) is 4.77. The third-order valence-corrected chi connectivity index (χ3v) is 3.19. The summed E-state index contributed by atoms with van der Waals surface area (Å²) >= 11 is 0. The molecule has 0 spiro atoms. The van der Waals surface area contributed by atoms with Crippen molar-refractivity contribution >= 4 is 5.95 Å². The molecule has 0 bridgehead atoms. The predicted octanol–water partition coefficient (Wildman–Crippen LogP) is 3.78. The standard InChI is InChI=1S/C16H22FN3/c1-4-9-20-11-13(3)19-16(20)18-12(2)10-14-5-7-15(17)8-6-14/h5-8,11-12H,4,9-10H2,1-3H3,(H,18,19). The van der Waals surface area contributed by atoms with E-state index >= 15 is 0 Å². The average molecular weight is 275 g/mol. The van der Waals surface area contributed by atoms with Crippen molar-refractivity contribution in [1.29, 1.82) is 0 Å². The van der Waals surface area contributed by atoms with Crippen molar-refractivity contribution in [2.45, 2.75) is 46.2 Å². The van der Waals surface area contributed by atoms with Gasteiger partial charge in [-0.25, -0.2) is 9.37 Å². The maximum atomic E-state index is 12.9. The van der Waals surface area contributed by atoms with Crippen LogP contribution in [0.5, 0.6) is 0 Å². The second-order valence-corrected chi connectivity index (χ2v) is 5.28. The topological polar surface area (TPSA) is 29.9 Å². The molecular weight excluding hydrogens is 253 g/mol. The van der Waals surface area contributed by atoms with E-state index in [1.54, 1.807) is 0 Å². The van der Waals surface area contributed by atoms with Gasteiger partial charge >= 0.3 is 0 Å². The van der Waals surface area contributed by atoms with Gasteiger partial charge in [-0.15, -0.1) is 0 Å². The van der Waals surface area contributed by atoms with Crippen molar-refractivity contribution in [3.8, 4) is 0 Å². The molecule has 3 nitrogen and oxygen atoms in total. The summed E-state index contributed by atoms with van der Waals surface area (Å²) in [7, 11) is 0. The van der Waals surface area contributed by atoms with Crippen LogP contribution in [0.1, 0.15) is 31.5 Å². The molecule has 0 aliphatic carbocycles. The first-order valence-electron chi connectivity index (χ1n) is 7.13. The van der Waals surface area contributed by atoms with Gasteiger partial charge in [-0.2, -0.15) is 0 Å². The molecule has 0 saturated carbocycles. The molecule has 0 aliphatic heterocycles. The van der Waals surface area contributed by atoms with Gasteiger partial charge in [-0.3, -0.25) is 0 Å². The molecule has 1 aromatic heterocycles. The van der Waals surface area contributed by atoms with Crippen LogP contribution in [-0.4, -0.2) is 15.6 Å². The smallest absolute Gasteiger partial charge is 0.203 e. The SMILES string of the molecule is CCCn1cc(C)nc1NC(C)Cc1ccc(F)cc1. The van der Waals surface area contributed by atoms with Gasteiger partial charge in [0, 0.05) is 18.8 Å². The molecule has 4 heteroatoms. The summed E-state index contributed by atoms with van der Waals surface area (Å²) in [4.78, 5) is 4.52. The summed E-state index contributed by atoms with van der Waals surface area (Å²) < 4.78 is 15.0. The third-order valence-electron chi connectivity index (χ3n) is 3.19. The van der Waals surface area contributed by atoms with Gasteiger partial charge in [0.1, 0.15) is 5.82 Å². The first-order chi connectivity index (χ1) is 9.58. The Labute approximate surface area is 119 Å². The van der Waals surface area contributed by atoms with E-state index in [1.807, 2.05) is 19.1 Å². The maximum Gasteiger partial charge on any atom is 0.203 e. The minimum absolute atomic E-state index is 0.191. The number of hydrogen-bond donors (Lipinski definition) is 1. The van der Waals surface area contributed by atoms with Crippen LogP contribution < -0.4 is 5.32 Å². The zero-order valence-corrected chi connectivity index (χ0v) is 12.4. The highest BCUT2D eigenvalue weighted by molar-refractivity contribution is 5.31. The number of nitrogens with zero attached hydrogens (tertiary/aromatic N) is 2. The Morgan fingerprint density at radius 3 is 2.65 bits per heavy atom. The summed E-state index contributed by atoms with van der Waals surface area (Å²) in [5.41, 5.74) is 2.15. The zero-order valence-electron chi connectivity index (χ0n) is 12.4. The second kappa shape index (κ2) is 6.55. The number of aryl methyl sites for hydroxylation is 2. The van der Waals surface area contributed by atoms with E-state index in [0.717, 1.165) is 36.6 Å². The molecule has 1 aromatic carbocycles. The fourth-order valence-electron chi connectivity index (χ4n) is 2.32. The molecule has 0 saturated heterocycles. The van der Waals surface area contributed by atoms with Crippen LogP contribution in [0.4, 0.5) is 10.3 Å². The molecule has 0 fully saturated rings. The molecule has 1 N–H and O–H groups in total. The quantitative estimate of drug-likeness (QED) is 0.869. The van der Waals surface area contributed by atoms with E-state index in [-0.39, 0.29) is 11.9 Å². The van der Waals surface area contributed by atoms with Crippen molar-refractivity contribution in [1.82, 2.24) is 9.55 Å². The molecule has 2 aromatic rings. The molecule has 20 heavy (non-hydrogen) atoms. The van der Waals surface area contributed by atoms with Crippen molar-refractivity contribution < 1.29 is 4.39 Å². The van der Waals surface area contributed by atoms with Crippen LogP contribution in [0.25, 0.3) is 0 Å². The van der Waals surface area contributed by atoms with Crippen molar-refractivity contribution in [2.24, 2.45) is 0 Å². The number of benzene rings is 1. The molecule has 1 heterocycles. The Balaban J connectivity index is 2.00. The lowest BCUT2D eigenvalue weighted by Crippen LogP contribution is -2.21. The van der Waals surface area contributed by atoms with Crippen molar-refractivity contribution in [3.63, 3.8) is 0 Å². The van der Waals surface area contributed by atoms with Crippen LogP contribution in [0.15, 0.2) is 30.5 Å². The van der Waals surface area contributed by atoms with Crippen LogP contribution in [0.3, 0.4) is 0 Å². The van der Waals surface area contributed by atoms with Crippen molar-refractivity contribution in [3.05, 3.63) is 47.5 Å². The fourth-order valence-corrected chi connectivity index (χ4v) is 2.32. The van der Waals surface area contributed by atoms with Crippen LogP contribution >= 0.6 is 0 Å². The van der Waals surface area contributed by atoms with Crippen LogP contribution in [0.2, 0.25) is 0 Å². The molecule has 108 valence electrons. The summed E-state index contributed by atoms with van der Waals surface area (Å²) in [5.74, 6) is 0.724. The highest BCUT2D eigenvalue weighted by Crippen LogP contribution is 2.13. The van der Waals surface area contributed by atoms with E-state index in [0.29, 0.717) is 0 Å². The monoisotopic (exact) mass is 275 g/mol. The maximum absolute atomic E-state index is 12.9. The highest BCUT2D eigenvalue weighted by Gasteiger charge is 2.09. The first-order valence-corrected chi connectivity index (χ1v) is 7.13. The molecule has 1 atom stereocenters. The minimum Gasteiger partial charge on any atom is -0.353 e. The van der Waals surface area contributed by atoms with Crippen LogP contribution in [-0.2, 0) is 13.0 Å². The summed E-state index contributed by atoms with van der Waals surface area (Å²) in [6.07, 6.45) is 3.99. The Hall–Kier alpha value is -1.84. The van der Waals surface area contributed by atoms with Crippen molar-refractivity contribution in [2.75, 3.05) is 5.32 Å². The number of rotatable bonds is 6. The number of anilines is 1. The first kappa shape index (κ1) is 14.6. The lowest BCUT2D eigenvalue weighted by Gasteiger charge is -2.16. The molecule has 1 unspecified atom stereocenters. The van der Waals surface area contributed by atoms with Crippen LogP contribution in [0, 0.1) is 12.7 Å². The van der Waals surface area contributed by atoms with Gasteiger partial charge < -0.3 is 9.88 Å². The van der Waals surface area contributed by atoms with E-state index in [2.05, 4.69) is 34.9 Å². The Bertz CT molecular complexity index is 545. The number of imidazole rings is 1. The van der Waals surface area contributed by atoms with E-state index in [9.17, 15) is 4.39 Å². The number of aromatic nitrogens is 2. The van der Waals surface area contributed by atoms with E-state index < -0.39 is 0 Å². The van der Waals surface area contributed by atoms with Gasteiger partial charge in [0.2, 0.25) is 5.95 Å². The lowest BCUT2D eigenvalue weighted by atomic mass is 10.1. The van der Waals surface area contributed by atoms with E-state index in [4.69, 9.17) is 0 Å². The normalized spacial score (nSPS) is 12.4. The van der Waals surface area contributed by atoms with Gasteiger partial charge in [-0.05, 0) is 44.4 Å². The zero-order chi connectivity index (χ0) is 14.5. The second-order valence-electron chi connectivity index (χ2n) is 5.28. The molecule has 0 aliphatic rings. The van der Waals surface area contributed by atoms with Gasteiger partial charge in [0.25, 0.3) is 0 Å². The average Bonchev–Trinajstić information content (AvgIpc) is 2.73. The molecule has 0 amide bonds. The summed E-state index contributed by atoms with van der Waals surface area (Å²) in [6.45, 7) is 7.24.